The largest absolute Gasteiger partial charge is 0.427 e. The Kier molecular flexibility index (Phi) is 7.63. The number of nitrogens with zero attached hydrogens (tertiary/aromatic N) is 3. The molecule has 4 rings (SSSR count). The van der Waals surface area contributed by atoms with E-state index >= 15 is 0 Å². The molecule has 1 fully saturated rings. The molecular formula is C18H25Cl2N5O3. The molecular weight excluding hydrogens is 405 g/mol. The molecule has 10 heteroatoms. The van der Waals surface area contributed by atoms with E-state index in [0.717, 1.165) is 57.0 Å². The molecule has 4 heterocycles. The predicted molar refractivity (Wildman–Crippen MR) is 109 cm³/mol. The minimum Gasteiger partial charge on any atom is -0.427 e. The molecule has 2 aliphatic rings. The zero-order valence-electron chi connectivity index (χ0n) is 15.7. The average Bonchev–Trinajstić information content (AvgIpc) is 3.24. The van der Waals surface area contributed by atoms with E-state index in [-0.39, 0.29) is 42.8 Å². The first-order chi connectivity index (χ1) is 12.6. The summed E-state index contributed by atoms with van der Waals surface area (Å²) in [7, 11) is 0. The third-order valence-corrected chi connectivity index (χ3v) is 5.19. The van der Waals surface area contributed by atoms with Crippen LogP contribution in [0.1, 0.15) is 58.5 Å². The molecule has 0 aromatic carbocycles. The molecule has 1 amide bonds. The molecule has 28 heavy (non-hydrogen) atoms. The Hall–Kier alpha value is -1.90. The topological polar surface area (TPSA) is 102 Å². The maximum atomic E-state index is 12.5. The van der Waals surface area contributed by atoms with Gasteiger partial charge in [0.2, 0.25) is 0 Å². The summed E-state index contributed by atoms with van der Waals surface area (Å²) in [6.45, 7) is 4.69. The highest BCUT2D eigenvalue weighted by Gasteiger charge is 2.23. The van der Waals surface area contributed by atoms with Crippen molar-refractivity contribution in [3.05, 3.63) is 45.0 Å². The van der Waals surface area contributed by atoms with Crippen molar-refractivity contribution in [1.82, 2.24) is 25.4 Å². The summed E-state index contributed by atoms with van der Waals surface area (Å²) in [6, 6.07) is 1.82. The number of carbonyl (C=O) groups excluding carboxylic acids is 1. The highest BCUT2D eigenvalue weighted by atomic mass is 35.5. The van der Waals surface area contributed by atoms with E-state index in [9.17, 15) is 9.59 Å². The van der Waals surface area contributed by atoms with Crippen LogP contribution in [0.15, 0.2) is 15.3 Å². The molecule has 0 radical (unpaired) electrons. The van der Waals surface area contributed by atoms with Crippen molar-refractivity contribution in [1.29, 1.82) is 0 Å². The molecule has 0 spiro atoms. The summed E-state index contributed by atoms with van der Waals surface area (Å²) in [5, 5.41) is 14.3. The van der Waals surface area contributed by atoms with Crippen molar-refractivity contribution in [2.45, 2.75) is 51.6 Å². The number of nitrogens with one attached hydrogen (secondary N) is 2. The number of halogens is 2. The van der Waals surface area contributed by atoms with E-state index in [4.69, 9.17) is 4.42 Å². The van der Waals surface area contributed by atoms with E-state index in [0.29, 0.717) is 11.3 Å². The summed E-state index contributed by atoms with van der Waals surface area (Å²) in [6.07, 6.45) is 4.00. The Morgan fingerprint density at radius 1 is 1.36 bits per heavy atom. The molecule has 0 aliphatic carbocycles. The van der Waals surface area contributed by atoms with E-state index in [1.807, 2.05) is 10.6 Å². The highest BCUT2D eigenvalue weighted by molar-refractivity contribution is 5.95. The number of piperidine rings is 1. The van der Waals surface area contributed by atoms with Gasteiger partial charge in [-0.3, -0.25) is 4.79 Å². The van der Waals surface area contributed by atoms with Gasteiger partial charge in [-0.05, 0) is 44.4 Å². The maximum absolute atomic E-state index is 12.5. The first kappa shape index (κ1) is 22.4. The molecule has 1 unspecified atom stereocenters. The van der Waals surface area contributed by atoms with Gasteiger partial charge in [0.15, 0.2) is 5.82 Å². The van der Waals surface area contributed by atoms with E-state index < -0.39 is 11.5 Å². The van der Waals surface area contributed by atoms with Crippen LogP contribution in [0.25, 0.3) is 0 Å². The van der Waals surface area contributed by atoms with Gasteiger partial charge in [0.1, 0.15) is 17.1 Å². The van der Waals surface area contributed by atoms with Gasteiger partial charge < -0.3 is 19.6 Å². The predicted octanol–water partition coefficient (Wildman–Crippen LogP) is 1.73. The zero-order chi connectivity index (χ0) is 18.1. The SMILES string of the molecule is Cc1cc(C2CCCNC2)oc(=O)c1C(=O)NCc1nnc2n1CCC2.Cl.Cl. The third-order valence-electron chi connectivity index (χ3n) is 5.19. The molecule has 154 valence electrons. The van der Waals surface area contributed by atoms with Gasteiger partial charge in [-0.15, -0.1) is 35.0 Å². The number of hydrogen-bond acceptors (Lipinski definition) is 6. The molecule has 1 atom stereocenters. The Balaban J connectivity index is 0.00000140. The Labute approximate surface area is 175 Å². The fourth-order valence-corrected chi connectivity index (χ4v) is 3.79. The van der Waals surface area contributed by atoms with Gasteiger partial charge in [-0.25, -0.2) is 4.79 Å². The number of hydrogen-bond donors (Lipinski definition) is 2. The summed E-state index contributed by atoms with van der Waals surface area (Å²) >= 11 is 0. The normalized spacial score (nSPS) is 18.0. The summed E-state index contributed by atoms with van der Waals surface area (Å²) in [4.78, 5) is 24.9. The second-order valence-electron chi connectivity index (χ2n) is 7.01. The van der Waals surface area contributed by atoms with E-state index in [2.05, 4.69) is 20.8 Å². The van der Waals surface area contributed by atoms with Crippen LogP contribution in [0.4, 0.5) is 0 Å². The quantitative estimate of drug-likeness (QED) is 0.766. The van der Waals surface area contributed by atoms with Gasteiger partial charge in [-0.2, -0.15) is 0 Å². The minimum atomic E-state index is -0.574. The van der Waals surface area contributed by atoms with Gasteiger partial charge >= 0.3 is 5.63 Å². The van der Waals surface area contributed by atoms with Gasteiger partial charge in [0.05, 0.1) is 6.54 Å². The monoisotopic (exact) mass is 429 g/mol. The Morgan fingerprint density at radius 2 is 2.18 bits per heavy atom. The standard InChI is InChI=1S/C18H23N5O3.2ClH/c1-11-8-13(12-4-2-6-19-9-12)26-18(25)16(11)17(24)20-10-15-22-21-14-5-3-7-23(14)15;;/h8,12,19H,2-7,9-10H2,1H3,(H,20,24);2*1H. The molecule has 2 aromatic heterocycles. The molecule has 0 bridgehead atoms. The molecule has 0 saturated carbocycles. The number of amides is 1. The van der Waals surface area contributed by atoms with Crippen molar-refractivity contribution in [2.24, 2.45) is 0 Å². The van der Waals surface area contributed by atoms with Crippen molar-refractivity contribution in [3.8, 4) is 0 Å². The zero-order valence-corrected chi connectivity index (χ0v) is 17.3. The van der Waals surface area contributed by atoms with Crippen molar-refractivity contribution in [3.63, 3.8) is 0 Å². The number of rotatable bonds is 4. The maximum Gasteiger partial charge on any atom is 0.349 e. The average molecular weight is 430 g/mol. The highest BCUT2D eigenvalue weighted by Crippen LogP contribution is 2.23. The minimum absolute atomic E-state index is 0. The van der Waals surface area contributed by atoms with E-state index in [1.54, 1.807) is 6.92 Å². The van der Waals surface area contributed by atoms with E-state index in [1.165, 1.54) is 0 Å². The van der Waals surface area contributed by atoms with Crippen LogP contribution in [0.2, 0.25) is 0 Å². The first-order valence-electron chi connectivity index (χ1n) is 9.18. The third kappa shape index (κ3) is 4.39. The smallest absolute Gasteiger partial charge is 0.349 e. The van der Waals surface area contributed by atoms with Crippen molar-refractivity contribution < 1.29 is 9.21 Å². The van der Waals surface area contributed by atoms with Crippen LogP contribution >= 0.6 is 24.8 Å². The Bertz CT molecular complexity index is 890. The second-order valence-corrected chi connectivity index (χ2v) is 7.01. The van der Waals surface area contributed by atoms with Crippen LogP contribution in [0, 0.1) is 6.92 Å². The van der Waals surface area contributed by atoms with Crippen LogP contribution in [0.3, 0.4) is 0 Å². The number of aromatic nitrogens is 3. The lowest BCUT2D eigenvalue weighted by atomic mass is 9.95. The van der Waals surface area contributed by atoms with Crippen LogP contribution in [-0.2, 0) is 19.5 Å². The molecule has 2 aromatic rings. The van der Waals surface area contributed by atoms with Crippen molar-refractivity contribution >= 4 is 30.7 Å². The fraction of sp³-hybridized carbons (Fsp3) is 0.556. The number of fused-ring (bicyclic) bond motifs is 1. The van der Waals surface area contributed by atoms with Gasteiger partial charge in [0, 0.05) is 25.4 Å². The van der Waals surface area contributed by atoms with Crippen molar-refractivity contribution in [2.75, 3.05) is 13.1 Å². The van der Waals surface area contributed by atoms with Crippen LogP contribution in [-0.4, -0.2) is 33.8 Å². The molecule has 2 N–H and O–H groups in total. The van der Waals surface area contributed by atoms with Crippen LogP contribution < -0.4 is 16.3 Å². The van der Waals surface area contributed by atoms with Crippen LogP contribution in [0.5, 0.6) is 0 Å². The molecule has 1 saturated heterocycles. The van der Waals surface area contributed by atoms with Gasteiger partial charge in [0.25, 0.3) is 5.91 Å². The van der Waals surface area contributed by atoms with Gasteiger partial charge in [-0.1, -0.05) is 0 Å². The number of aryl methyl sites for hydroxylation is 2. The molecule has 8 nitrogen and oxygen atoms in total. The lowest BCUT2D eigenvalue weighted by Gasteiger charge is -2.22. The fourth-order valence-electron chi connectivity index (χ4n) is 3.79. The second kappa shape index (κ2) is 9.54. The summed E-state index contributed by atoms with van der Waals surface area (Å²) in [5.74, 6) is 2.09. The summed E-state index contributed by atoms with van der Waals surface area (Å²) < 4.78 is 7.49. The molecule has 2 aliphatic heterocycles. The Morgan fingerprint density at radius 3 is 2.89 bits per heavy atom. The first-order valence-corrected chi connectivity index (χ1v) is 9.18. The summed E-state index contributed by atoms with van der Waals surface area (Å²) in [5.41, 5.74) is 0.138. The lowest BCUT2D eigenvalue weighted by Crippen LogP contribution is -2.32. The lowest BCUT2D eigenvalue weighted by molar-refractivity contribution is 0.0944. The number of carbonyl (C=O) groups is 1.